The van der Waals surface area contributed by atoms with E-state index >= 15 is 0 Å². The second-order valence-electron chi connectivity index (χ2n) is 5.68. The SMILES string of the molecule is Cc1ccc(NC(=O)c2cnc(Nc3cccc(F)c3)cn2)cc1C. The molecule has 0 saturated heterocycles. The standard InChI is InChI=1S/C19H17FN4O/c1-12-6-7-16(8-13(12)2)24-19(25)17-10-22-18(11-21-17)23-15-5-3-4-14(20)9-15/h3-11H,1-2H3,(H,22,23)(H,24,25). The van der Waals surface area contributed by atoms with Crippen molar-refractivity contribution in [1.82, 2.24) is 9.97 Å². The van der Waals surface area contributed by atoms with Gasteiger partial charge in [-0.05, 0) is 55.3 Å². The van der Waals surface area contributed by atoms with Crippen LogP contribution in [0.5, 0.6) is 0 Å². The third-order valence-corrected chi connectivity index (χ3v) is 3.75. The van der Waals surface area contributed by atoms with Crippen molar-refractivity contribution in [3.05, 3.63) is 77.5 Å². The fourth-order valence-electron chi connectivity index (χ4n) is 2.24. The first-order valence-corrected chi connectivity index (χ1v) is 7.74. The summed E-state index contributed by atoms with van der Waals surface area (Å²) in [6, 6.07) is 11.7. The highest BCUT2D eigenvalue weighted by molar-refractivity contribution is 6.02. The lowest BCUT2D eigenvalue weighted by molar-refractivity contribution is 0.102. The molecule has 1 heterocycles. The van der Waals surface area contributed by atoms with Crippen LogP contribution < -0.4 is 10.6 Å². The van der Waals surface area contributed by atoms with Crippen LogP contribution in [0.3, 0.4) is 0 Å². The molecule has 1 amide bonds. The number of nitrogens with one attached hydrogen (secondary N) is 2. The lowest BCUT2D eigenvalue weighted by atomic mass is 10.1. The summed E-state index contributed by atoms with van der Waals surface area (Å²) in [5.74, 6) is -0.260. The molecule has 0 atom stereocenters. The lowest BCUT2D eigenvalue weighted by Gasteiger charge is -2.08. The van der Waals surface area contributed by atoms with E-state index in [1.165, 1.54) is 24.5 Å². The minimum Gasteiger partial charge on any atom is -0.339 e. The third kappa shape index (κ3) is 4.17. The minimum absolute atomic E-state index is 0.197. The van der Waals surface area contributed by atoms with E-state index in [9.17, 15) is 9.18 Å². The van der Waals surface area contributed by atoms with E-state index in [-0.39, 0.29) is 17.4 Å². The zero-order chi connectivity index (χ0) is 17.8. The van der Waals surface area contributed by atoms with Gasteiger partial charge in [-0.1, -0.05) is 12.1 Å². The summed E-state index contributed by atoms with van der Waals surface area (Å²) >= 11 is 0. The second kappa shape index (κ2) is 7.09. The van der Waals surface area contributed by atoms with Gasteiger partial charge < -0.3 is 10.6 Å². The zero-order valence-electron chi connectivity index (χ0n) is 13.9. The van der Waals surface area contributed by atoms with Crippen LogP contribution in [0.2, 0.25) is 0 Å². The van der Waals surface area contributed by atoms with Gasteiger partial charge in [-0.15, -0.1) is 0 Å². The summed E-state index contributed by atoms with van der Waals surface area (Å²) in [4.78, 5) is 20.5. The molecule has 0 radical (unpaired) electrons. The molecular formula is C19H17FN4O. The van der Waals surface area contributed by atoms with Crippen molar-refractivity contribution in [3.8, 4) is 0 Å². The molecule has 2 aromatic carbocycles. The van der Waals surface area contributed by atoms with Crippen LogP contribution in [0.15, 0.2) is 54.9 Å². The van der Waals surface area contributed by atoms with E-state index in [0.29, 0.717) is 17.2 Å². The summed E-state index contributed by atoms with van der Waals surface area (Å²) in [7, 11) is 0. The van der Waals surface area contributed by atoms with Crippen molar-refractivity contribution < 1.29 is 9.18 Å². The summed E-state index contributed by atoms with van der Waals surface area (Å²) in [5.41, 5.74) is 3.71. The number of aryl methyl sites for hydroxylation is 2. The molecule has 6 heteroatoms. The highest BCUT2D eigenvalue weighted by Gasteiger charge is 2.09. The Morgan fingerprint density at radius 2 is 1.80 bits per heavy atom. The molecule has 0 saturated carbocycles. The molecule has 0 fully saturated rings. The molecule has 2 N–H and O–H groups in total. The van der Waals surface area contributed by atoms with Crippen LogP contribution in [-0.2, 0) is 0 Å². The van der Waals surface area contributed by atoms with Gasteiger partial charge in [0.05, 0.1) is 12.4 Å². The van der Waals surface area contributed by atoms with Crippen LogP contribution >= 0.6 is 0 Å². The molecule has 0 aliphatic heterocycles. The van der Waals surface area contributed by atoms with E-state index in [0.717, 1.165) is 11.1 Å². The number of hydrogen-bond donors (Lipinski definition) is 2. The van der Waals surface area contributed by atoms with E-state index in [2.05, 4.69) is 20.6 Å². The fraction of sp³-hybridized carbons (Fsp3) is 0.105. The summed E-state index contributed by atoms with van der Waals surface area (Å²) in [6.07, 6.45) is 2.80. The third-order valence-electron chi connectivity index (χ3n) is 3.75. The number of rotatable bonds is 4. The van der Waals surface area contributed by atoms with E-state index in [1.54, 1.807) is 12.1 Å². The number of carbonyl (C=O) groups is 1. The molecule has 0 spiro atoms. The van der Waals surface area contributed by atoms with Crippen LogP contribution in [0, 0.1) is 19.7 Å². The number of benzene rings is 2. The molecule has 0 unspecified atom stereocenters. The van der Waals surface area contributed by atoms with Gasteiger partial charge in [-0.25, -0.2) is 14.4 Å². The van der Waals surface area contributed by atoms with Gasteiger partial charge in [0.15, 0.2) is 0 Å². The topological polar surface area (TPSA) is 66.9 Å². The number of aromatic nitrogens is 2. The van der Waals surface area contributed by atoms with E-state index in [1.807, 2.05) is 32.0 Å². The van der Waals surface area contributed by atoms with Gasteiger partial charge in [-0.3, -0.25) is 4.79 Å². The highest BCUT2D eigenvalue weighted by atomic mass is 19.1. The predicted octanol–water partition coefficient (Wildman–Crippen LogP) is 4.23. The Balaban J connectivity index is 1.68. The van der Waals surface area contributed by atoms with E-state index in [4.69, 9.17) is 0 Å². The van der Waals surface area contributed by atoms with Gasteiger partial charge in [0.25, 0.3) is 5.91 Å². The largest absolute Gasteiger partial charge is 0.339 e. The van der Waals surface area contributed by atoms with Crippen molar-refractivity contribution in [1.29, 1.82) is 0 Å². The van der Waals surface area contributed by atoms with Crippen LogP contribution in [0.4, 0.5) is 21.6 Å². The molecule has 3 aromatic rings. The number of hydrogen-bond acceptors (Lipinski definition) is 4. The number of halogens is 1. The Labute approximate surface area is 145 Å². The maximum Gasteiger partial charge on any atom is 0.275 e. The monoisotopic (exact) mass is 336 g/mol. The quantitative estimate of drug-likeness (QED) is 0.748. The lowest BCUT2D eigenvalue weighted by Crippen LogP contribution is -2.14. The molecular weight excluding hydrogens is 319 g/mol. The van der Waals surface area contributed by atoms with Crippen molar-refractivity contribution in [2.45, 2.75) is 13.8 Å². The Kier molecular flexibility index (Phi) is 4.70. The van der Waals surface area contributed by atoms with Crippen molar-refractivity contribution in [2.75, 3.05) is 10.6 Å². The zero-order valence-corrected chi connectivity index (χ0v) is 13.9. The second-order valence-corrected chi connectivity index (χ2v) is 5.68. The molecule has 5 nitrogen and oxygen atoms in total. The number of amides is 1. The average Bonchev–Trinajstić information content (AvgIpc) is 2.59. The first kappa shape index (κ1) is 16.6. The van der Waals surface area contributed by atoms with Crippen LogP contribution in [0.1, 0.15) is 21.6 Å². The number of carbonyl (C=O) groups excluding carboxylic acids is 1. The summed E-state index contributed by atoms with van der Waals surface area (Å²) in [5, 5.41) is 5.72. The highest BCUT2D eigenvalue weighted by Crippen LogP contribution is 2.16. The van der Waals surface area contributed by atoms with E-state index < -0.39 is 0 Å². The van der Waals surface area contributed by atoms with Crippen molar-refractivity contribution >= 4 is 23.1 Å². The minimum atomic E-state index is -0.345. The maximum absolute atomic E-state index is 13.2. The Bertz CT molecular complexity index is 910. The van der Waals surface area contributed by atoms with Crippen molar-refractivity contribution in [3.63, 3.8) is 0 Å². The summed E-state index contributed by atoms with van der Waals surface area (Å²) in [6.45, 7) is 3.99. The summed E-state index contributed by atoms with van der Waals surface area (Å²) < 4.78 is 13.2. The van der Waals surface area contributed by atoms with Crippen LogP contribution in [-0.4, -0.2) is 15.9 Å². The maximum atomic E-state index is 13.2. The Morgan fingerprint density at radius 1 is 0.960 bits per heavy atom. The molecule has 1 aromatic heterocycles. The molecule has 0 bridgehead atoms. The Hall–Kier alpha value is -3.28. The van der Waals surface area contributed by atoms with Crippen LogP contribution in [0.25, 0.3) is 0 Å². The van der Waals surface area contributed by atoms with Gasteiger partial charge in [-0.2, -0.15) is 0 Å². The molecule has 0 aliphatic carbocycles. The molecule has 126 valence electrons. The number of anilines is 3. The molecule has 3 rings (SSSR count). The van der Waals surface area contributed by atoms with Gasteiger partial charge in [0.2, 0.25) is 0 Å². The number of nitrogens with zero attached hydrogens (tertiary/aromatic N) is 2. The van der Waals surface area contributed by atoms with Gasteiger partial charge >= 0.3 is 0 Å². The molecule has 0 aliphatic rings. The normalized spacial score (nSPS) is 10.4. The fourth-order valence-corrected chi connectivity index (χ4v) is 2.24. The smallest absolute Gasteiger partial charge is 0.275 e. The predicted molar refractivity (Wildman–Crippen MR) is 95.6 cm³/mol. The Morgan fingerprint density at radius 3 is 2.48 bits per heavy atom. The first-order valence-electron chi connectivity index (χ1n) is 7.74. The molecule has 25 heavy (non-hydrogen) atoms. The average molecular weight is 336 g/mol. The van der Waals surface area contributed by atoms with Gasteiger partial charge in [0.1, 0.15) is 17.3 Å². The first-order chi connectivity index (χ1) is 12.0. The van der Waals surface area contributed by atoms with Gasteiger partial charge in [0, 0.05) is 11.4 Å². The van der Waals surface area contributed by atoms with Crippen molar-refractivity contribution in [2.24, 2.45) is 0 Å².